The molecule has 0 bridgehead atoms. The van der Waals surface area contributed by atoms with Gasteiger partial charge in [-0.05, 0) is 26.0 Å². The highest BCUT2D eigenvalue weighted by atomic mass is 32.2. The van der Waals surface area contributed by atoms with Gasteiger partial charge in [0.2, 0.25) is 0 Å². The normalized spacial score (nSPS) is 12.1. The summed E-state index contributed by atoms with van der Waals surface area (Å²) in [5, 5.41) is 14.9. The smallest absolute Gasteiger partial charge is 0.252 e. The number of nitrogens with zero attached hydrogens (tertiary/aromatic N) is 1. The van der Waals surface area contributed by atoms with Crippen molar-refractivity contribution in [2.45, 2.75) is 30.5 Å². The molecule has 1 atom stereocenters. The molecular formula is C15H18N2O2S2. The summed E-state index contributed by atoms with van der Waals surface area (Å²) in [5.74, 6) is 0.582. The minimum Gasteiger partial charge on any atom is -0.394 e. The van der Waals surface area contributed by atoms with E-state index in [0.717, 1.165) is 21.3 Å². The second-order valence-corrected chi connectivity index (χ2v) is 6.78. The summed E-state index contributed by atoms with van der Waals surface area (Å²) in [6.45, 7) is 3.68. The van der Waals surface area contributed by atoms with Gasteiger partial charge in [0.25, 0.3) is 5.91 Å². The molecule has 1 amide bonds. The second kappa shape index (κ2) is 7.59. The highest BCUT2D eigenvalue weighted by Crippen LogP contribution is 2.26. The average Bonchev–Trinajstić information content (AvgIpc) is 2.90. The maximum atomic E-state index is 12.2. The number of aliphatic hydroxyl groups is 1. The predicted molar refractivity (Wildman–Crippen MR) is 86.9 cm³/mol. The fraction of sp³-hybridized carbons (Fsp3) is 0.333. The largest absolute Gasteiger partial charge is 0.394 e. The van der Waals surface area contributed by atoms with Crippen molar-refractivity contribution in [1.82, 2.24) is 10.3 Å². The number of hydrogen-bond donors (Lipinski definition) is 2. The molecule has 2 N–H and O–H groups in total. The number of aromatic nitrogens is 1. The zero-order chi connectivity index (χ0) is 15.2. The van der Waals surface area contributed by atoms with Crippen molar-refractivity contribution in [3.63, 3.8) is 0 Å². The Balaban J connectivity index is 2.07. The zero-order valence-electron chi connectivity index (χ0n) is 12.0. The average molecular weight is 322 g/mol. The van der Waals surface area contributed by atoms with Gasteiger partial charge in [-0.2, -0.15) is 0 Å². The van der Waals surface area contributed by atoms with Gasteiger partial charge in [-0.15, -0.1) is 23.1 Å². The van der Waals surface area contributed by atoms with Crippen LogP contribution in [0.5, 0.6) is 0 Å². The number of nitrogens with one attached hydrogen (secondary N) is 1. The molecule has 0 radical (unpaired) electrons. The number of hydrogen-bond acceptors (Lipinski definition) is 5. The molecule has 112 valence electrons. The number of amides is 1. The van der Waals surface area contributed by atoms with Crippen LogP contribution >= 0.6 is 23.1 Å². The third-order valence-corrected chi connectivity index (χ3v) is 4.75. The van der Waals surface area contributed by atoms with Gasteiger partial charge in [0.15, 0.2) is 0 Å². The Labute approximate surface area is 132 Å². The van der Waals surface area contributed by atoms with Gasteiger partial charge in [0.1, 0.15) is 0 Å². The number of thioether (sulfide) groups is 1. The van der Waals surface area contributed by atoms with Crippen LogP contribution in [0.2, 0.25) is 0 Å². The number of rotatable bonds is 6. The van der Waals surface area contributed by atoms with Crippen LogP contribution in [0.3, 0.4) is 0 Å². The molecule has 0 saturated heterocycles. The van der Waals surface area contributed by atoms with Gasteiger partial charge >= 0.3 is 0 Å². The Morgan fingerprint density at radius 1 is 1.48 bits per heavy atom. The summed E-state index contributed by atoms with van der Waals surface area (Å²) in [6.07, 6.45) is 0. The van der Waals surface area contributed by atoms with E-state index in [1.54, 1.807) is 36.1 Å². The van der Waals surface area contributed by atoms with Crippen molar-refractivity contribution in [1.29, 1.82) is 0 Å². The standard InChI is InChI=1S/C15H18N2O2S2/c1-10(7-18)16-15(19)13-5-3-4-6-14(13)21-9-12-8-20-11(2)17-12/h3-6,8,10,18H,7,9H2,1-2H3,(H,16,19). The first kappa shape index (κ1) is 16.0. The molecule has 0 aliphatic heterocycles. The lowest BCUT2D eigenvalue weighted by Crippen LogP contribution is -2.35. The van der Waals surface area contributed by atoms with Gasteiger partial charge in [-0.1, -0.05) is 12.1 Å². The van der Waals surface area contributed by atoms with E-state index >= 15 is 0 Å². The first-order valence-electron chi connectivity index (χ1n) is 6.64. The number of carbonyl (C=O) groups is 1. The van der Waals surface area contributed by atoms with E-state index in [2.05, 4.69) is 10.3 Å². The van der Waals surface area contributed by atoms with Crippen molar-refractivity contribution in [2.24, 2.45) is 0 Å². The van der Waals surface area contributed by atoms with Crippen LogP contribution in [-0.2, 0) is 5.75 Å². The van der Waals surface area contributed by atoms with Gasteiger partial charge in [-0.25, -0.2) is 4.98 Å². The fourth-order valence-corrected chi connectivity index (χ4v) is 3.41. The molecule has 0 aliphatic carbocycles. The summed E-state index contributed by atoms with van der Waals surface area (Å²) in [7, 11) is 0. The Bertz CT molecular complexity index is 613. The molecule has 1 unspecified atom stereocenters. The van der Waals surface area contributed by atoms with Crippen LogP contribution in [0.4, 0.5) is 0 Å². The van der Waals surface area contributed by atoms with Crippen molar-refractivity contribution < 1.29 is 9.90 Å². The number of benzene rings is 1. The Morgan fingerprint density at radius 3 is 2.90 bits per heavy atom. The molecule has 4 nitrogen and oxygen atoms in total. The lowest BCUT2D eigenvalue weighted by Gasteiger charge is -2.13. The Kier molecular flexibility index (Phi) is 5.78. The number of carbonyl (C=O) groups excluding carboxylic acids is 1. The molecule has 2 aromatic rings. The van der Waals surface area contributed by atoms with Crippen LogP contribution in [-0.4, -0.2) is 28.6 Å². The predicted octanol–water partition coefficient (Wildman–Crippen LogP) is 2.85. The topological polar surface area (TPSA) is 62.2 Å². The highest BCUT2D eigenvalue weighted by molar-refractivity contribution is 7.98. The van der Waals surface area contributed by atoms with Gasteiger partial charge < -0.3 is 10.4 Å². The van der Waals surface area contributed by atoms with E-state index in [-0.39, 0.29) is 18.6 Å². The van der Waals surface area contributed by atoms with Crippen molar-refractivity contribution in [3.8, 4) is 0 Å². The van der Waals surface area contributed by atoms with Gasteiger partial charge in [0, 0.05) is 22.1 Å². The number of thiazole rings is 1. The maximum absolute atomic E-state index is 12.2. The minimum atomic E-state index is -0.253. The van der Waals surface area contributed by atoms with Crippen LogP contribution < -0.4 is 5.32 Å². The Morgan fingerprint density at radius 2 is 2.24 bits per heavy atom. The summed E-state index contributed by atoms with van der Waals surface area (Å²) in [5.41, 5.74) is 1.66. The lowest BCUT2D eigenvalue weighted by molar-refractivity contribution is 0.0919. The van der Waals surface area contributed by atoms with Gasteiger partial charge in [0.05, 0.1) is 22.9 Å². The van der Waals surface area contributed by atoms with Crippen LogP contribution in [0.25, 0.3) is 0 Å². The van der Waals surface area contributed by atoms with E-state index < -0.39 is 0 Å². The molecule has 1 heterocycles. The second-order valence-electron chi connectivity index (χ2n) is 4.70. The van der Waals surface area contributed by atoms with Crippen LogP contribution in [0, 0.1) is 6.92 Å². The third kappa shape index (κ3) is 4.56. The summed E-state index contributed by atoms with van der Waals surface area (Å²) in [6, 6.07) is 7.24. The molecular weight excluding hydrogens is 304 g/mol. The number of aryl methyl sites for hydroxylation is 1. The summed E-state index contributed by atoms with van der Waals surface area (Å²) >= 11 is 3.23. The number of aliphatic hydroxyl groups excluding tert-OH is 1. The van der Waals surface area contributed by atoms with Gasteiger partial charge in [-0.3, -0.25) is 4.79 Å². The van der Waals surface area contributed by atoms with Crippen LogP contribution in [0.1, 0.15) is 28.0 Å². The molecule has 0 aliphatic rings. The van der Waals surface area contributed by atoms with Crippen molar-refractivity contribution in [3.05, 3.63) is 45.9 Å². The monoisotopic (exact) mass is 322 g/mol. The quantitative estimate of drug-likeness (QED) is 0.803. The third-order valence-electron chi connectivity index (χ3n) is 2.83. The minimum absolute atomic E-state index is 0.0703. The van der Waals surface area contributed by atoms with Crippen molar-refractivity contribution >= 4 is 29.0 Å². The molecule has 21 heavy (non-hydrogen) atoms. The molecule has 0 saturated carbocycles. The van der Waals surface area contributed by atoms with E-state index in [0.29, 0.717) is 5.56 Å². The maximum Gasteiger partial charge on any atom is 0.252 e. The molecule has 1 aromatic heterocycles. The van der Waals surface area contributed by atoms with E-state index in [1.807, 2.05) is 30.5 Å². The first-order valence-corrected chi connectivity index (χ1v) is 8.51. The highest BCUT2D eigenvalue weighted by Gasteiger charge is 2.13. The molecule has 6 heteroatoms. The fourth-order valence-electron chi connectivity index (χ4n) is 1.75. The molecule has 0 spiro atoms. The summed E-state index contributed by atoms with van der Waals surface area (Å²) in [4.78, 5) is 17.5. The zero-order valence-corrected chi connectivity index (χ0v) is 13.6. The molecule has 2 rings (SSSR count). The lowest BCUT2D eigenvalue weighted by atomic mass is 10.2. The SMILES string of the molecule is Cc1nc(CSc2ccccc2C(=O)NC(C)CO)cs1. The van der Waals surface area contributed by atoms with E-state index in [9.17, 15) is 4.79 Å². The summed E-state index contributed by atoms with van der Waals surface area (Å²) < 4.78 is 0. The first-order chi connectivity index (χ1) is 10.1. The van der Waals surface area contributed by atoms with Crippen molar-refractivity contribution in [2.75, 3.05) is 6.61 Å². The van der Waals surface area contributed by atoms with E-state index in [4.69, 9.17) is 5.11 Å². The van der Waals surface area contributed by atoms with Crippen LogP contribution in [0.15, 0.2) is 34.5 Å². The van der Waals surface area contributed by atoms with E-state index in [1.165, 1.54) is 0 Å². The molecule has 0 fully saturated rings. The Hall–Kier alpha value is -1.37. The molecule has 1 aromatic carbocycles.